The zero-order valence-electron chi connectivity index (χ0n) is 20.4. The van der Waals surface area contributed by atoms with E-state index in [2.05, 4.69) is 20.9 Å². The lowest BCUT2D eigenvalue weighted by Gasteiger charge is -2.13. The molecule has 8 heteroatoms. The first-order valence-electron chi connectivity index (χ1n) is 12.0. The van der Waals surface area contributed by atoms with Crippen LogP contribution in [0.25, 0.3) is 16.8 Å². The Bertz CT molecular complexity index is 1600. The van der Waals surface area contributed by atoms with E-state index in [-0.39, 0.29) is 11.5 Å². The molecule has 0 radical (unpaired) electrons. The van der Waals surface area contributed by atoms with Crippen LogP contribution < -0.4 is 4.74 Å². The number of hydrogen-bond donors (Lipinski definition) is 1. The van der Waals surface area contributed by atoms with Crippen LogP contribution in [-0.2, 0) is 11.4 Å². The number of benzene rings is 4. The van der Waals surface area contributed by atoms with Crippen molar-refractivity contribution >= 4 is 67.3 Å². The van der Waals surface area contributed by atoms with Crippen molar-refractivity contribution in [2.24, 2.45) is 4.99 Å². The van der Waals surface area contributed by atoms with Crippen molar-refractivity contribution in [3.8, 4) is 5.75 Å². The SMILES string of the molecule is CCN1C(=O)/C(=C\c2c(OCc3ccc(Br)cc3)ccc3ccccc23)SC1=Nc1cccc(C(=O)O)c1. The van der Waals surface area contributed by atoms with Gasteiger partial charge in [0.1, 0.15) is 12.4 Å². The molecule has 0 saturated carbocycles. The van der Waals surface area contributed by atoms with Crippen LogP contribution in [0.4, 0.5) is 5.69 Å². The van der Waals surface area contributed by atoms with E-state index < -0.39 is 5.97 Å². The molecule has 0 bridgehead atoms. The molecule has 5 rings (SSSR count). The molecule has 4 aromatic carbocycles. The molecule has 0 atom stereocenters. The molecule has 190 valence electrons. The van der Waals surface area contributed by atoms with Crippen LogP contribution in [0, 0.1) is 0 Å². The van der Waals surface area contributed by atoms with E-state index in [1.54, 1.807) is 17.0 Å². The largest absolute Gasteiger partial charge is 0.488 e. The number of thioether (sulfide) groups is 1. The van der Waals surface area contributed by atoms with Gasteiger partial charge < -0.3 is 9.84 Å². The van der Waals surface area contributed by atoms with Gasteiger partial charge in [-0.3, -0.25) is 9.69 Å². The summed E-state index contributed by atoms with van der Waals surface area (Å²) < 4.78 is 7.25. The first-order chi connectivity index (χ1) is 18.4. The van der Waals surface area contributed by atoms with Crippen molar-refractivity contribution in [2.75, 3.05) is 6.54 Å². The van der Waals surface area contributed by atoms with E-state index in [0.717, 1.165) is 26.4 Å². The third-order valence-electron chi connectivity index (χ3n) is 6.04. The van der Waals surface area contributed by atoms with Crippen LogP contribution in [0.15, 0.2) is 99.3 Å². The number of aromatic carboxylic acids is 1. The van der Waals surface area contributed by atoms with Gasteiger partial charge in [0.25, 0.3) is 5.91 Å². The second kappa shape index (κ2) is 11.2. The fourth-order valence-electron chi connectivity index (χ4n) is 4.11. The van der Waals surface area contributed by atoms with Crippen molar-refractivity contribution in [2.45, 2.75) is 13.5 Å². The van der Waals surface area contributed by atoms with E-state index in [9.17, 15) is 14.7 Å². The number of amides is 1. The van der Waals surface area contributed by atoms with Crippen LogP contribution in [0.5, 0.6) is 5.75 Å². The molecule has 6 nitrogen and oxygen atoms in total. The number of rotatable bonds is 7. The maximum absolute atomic E-state index is 13.4. The van der Waals surface area contributed by atoms with Gasteiger partial charge in [-0.2, -0.15) is 0 Å². The number of amidine groups is 1. The van der Waals surface area contributed by atoms with E-state index in [1.165, 1.54) is 23.9 Å². The van der Waals surface area contributed by atoms with Crippen LogP contribution in [0.2, 0.25) is 0 Å². The van der Waals surface area contributed by atoms with E-state index in [4.69, 9.17) is 4.74 Å². The molecule has 0 unspecified atom stereocenters. The number of nitrogens with zero attached hydrogens (tertiary/aromatic N) is 2. The molecule has 0 spiro atoms. The number of carbonyl (C=O) groups excluding carboxylic acids is 1. The average molecular weight is 587 g/mol. The molecule has 1 saturated heterocycles. The summed E-state index contributed by atoms with van der Waals surface area (Å²) in [4.78, 5) is 31.5. The van der Waals surface area contributed by atoms with Gasteiger partial charge in [-0.15, -0.1) is 0 Å². The molecule has 1 aliphatic heterocycles. The molecule has 1 fully saturated rings. The van der Waals surface area contributed by atoms with Crippen LogP contribution in [0.3, 0.4) is 0 Å². The number of hydrogen-bond acceptors (Lipinski definition) is 5. The average Bonchev–Trinajstić information content (AvgIpc) is 3.22. The van der Waals surface area contributed by atoms with E-state index in [1.807, 2.05) is 73.7 Å². The Hall–Kier alpha value is -3.88. The number of halogens is 1. The molecule has 38 heavy (non-hydrogen) atoms. The maximum atomic E-state index is 13.4. The second-order valence-corrected chi connectivity index (χ2v) is 10.4. The Labute approximate surface area is 232 Å². The van der Waals surface area contributed by atoms with Gasteiger partial charge in [-0.05, 0) is 77.5 Å². The monoisotopic (exact) mass is 586 g/mol. The Morgan fingerprint density at radius 3 is 2.61 bits per heavy atom. The van der Waals surface area contributed by atoms with Gasteiger partial charge in [0.2, 0.25) is 0 Å². The lowest BCUT2D eigenvalue weighted by Crippen LogP contribution is -2.28. The minimum Gasteiger partial charge on any atom is -0.488 e. The zero-order chi connectivity index (χ0) is 26.6. The Morgan fingerprint density at radius 1 is 1.05 bits per heavy atom. The smallest absolute Gasteiger partial charge is 0.335 e. The Kier molecular flexibility index (Phi) is 7.62. The molecule has 0 aliphatic carbocycles. The van der Waals surface area contributed by atoms with Gasteiger partial charge in [0.05, 0.1) is 16.2 Å². The highest BCUT2D eigenvalue weighted by atomic mass is 79.9. The molecular formula is C30H23BrN2O4S. The third kappa shape index (κ3) is 5.51. The van der Waals surface area contributed by atoms with Gasteiger partial charge >= 0.3 is 5.97 Å². The van der Waals surface area contributed by atoms with Gasteiger partial charge in [-0.1, -0.05) is 64.5 Å². The summed E-state index contributed by atoms with van der Waals surface area (Å²) in [5.74, 6) is -0.505. The fourth-order valence-corrected chi connectivity index (χ4v) is 5.42. The Balaban J connectivity index is 1.52. The highest BCUT2D eigenvalue weighted by molar-refractivity contribution is 9.10. The lowest BCUT2D eigenvalue weighted by molar-refractivity contribution is -0.122. The predicted molar refractivity (Wildman–Crippen MR) is 156 cm³/mol. The third-order valence-corrected chi connectivity index (χ3v) is 7.57. The summed E-state index contributed by atoms with van der Waals surface area (Å²) in [5.41, 5.74) is 2.47. The quantitative estimate of drug-likeness (QED) is 0.227. The fraction of sp³-hybridized carbons (Fsp3) is 0.100. The number of carbonyl (C=O) groups is 2. The standard InChI is InChI=1S/C30H23BrN2O4S/c1-2-33-28(34)27(38-30(33)32-23-8-5-7-21(16-23)29(35)36)17-25-24-9-4-3-6-20(24)12-15-26(25)37-18-19-10-13-22(31)14-11-19/h3-17H,2,18H2,1H3,(H,35,36)/b27-17+,32-30?. The number of aliphatic imine (C=N–C) groups is 1. The first kappa shape index (κ1) is 25.8. The Morgan fingerprint density at radius 2 is 1.84 bits per heavy atom. The summed E-state index contributed by atoms with van der Waals surface area (Å²) >= 11 is 4.73. The zero-order valence-corrected chi connectivity index (χ0v) is 22.8. The van der Waals surface area contributed by atoms with Gasteiger partial charge in [0.15, 0.2) is 5.17 Å². The first-order valence-corrected chi connectivity index (χ1v) is 13.6. The maximum Gasteiger partial charge on any atom is 0.335 e. The molecule has 4 aromatic rings. The van der Waals surface area contributed by atoms with Crippen molar-refractivity contribution in [3.05, 3.63) is 111 Å². The summed E-state index contributed by atoms with van der Waals surface area (Å²) in [6, 6.07) is 26.3. The lowest BCUT2D eigenvalue weighted by atomic mass is 10.0. The summed E-state index contributed by atoms with van der Waals surface area (Å²) in [5, 5.41) is 11.8. The minimum absolute atomic E-state index is 0.142. The van der Waals surface area contributed by atoms with Gasteiger partial charge in [-0.25, -0.2) is 9.79 Å². The number of carboxylic acid groups (broad SMARTS) is 1. The van der Waals surface area contributed by atoms with Crippen LogP contribution >= 0.6 is 27.7 Å². The molecule has 1 amide bonds. The summed E-state index contributed by atoms with van der Waals surface area (Å²) in [6.07, 6.45) is 1.87. The van der Waals surface area contributed by atoms with Crippen molar-refractivity contribution < 1.29 is 19.4 Å². The highest BCUT2D eigenvalue weighted by Crippen LogP contribution is 2.38. The van der Waals surface area contributed by atoms with Crippen molar-refractivity contribution in [3.63, 3.8) is 0 Å². The van der Waals surface area contributed by atoms with Gasteiger partial charge in [0, 0.05) is 16.6 Å². The van der Waals surface area contributed by atoms with E-state index >= 15 is 0 Å². The van der Waals surface area contributed by atoms with Crippen molar-refractivity contribution in [1.29, 1.82) is 0 Å². The van der Waals surface area contributed by atoms with Crippen LogP contribution in [0.1, 0.15) is 28.4 Å². The summed E-state index contributed by atoms with van der Waals surface area (Å²) in [6.45, 7) is 2.70. The number of ether oxygens (including phenoxy) is 1. The topological polar surface area (TPSA) is 79.2 Å². The summed E-state index contributed by atoms with van der Waals surface area (Å²) in [7, 11) is 0. The molecule has 1 N–H and O–H groups in total. The number of carboxylic acids is 1. The minimum atomic E-state index is -1.03. The molecule has 0 aromatic heterocycles. The number of likely N-dealkylation sites (N-methyl/N-ethyl adjacent to an activating group) is 1. The van der Waals surface area contributed by atoms with Crippen LogP contribution in [-0.4, -0.2) is 33.6 Å². The predicted octanol–water partition coefficient (Wildman–Crippen LogP) is 7.50. The second-order valence-electron chi connectivity index (χ2n) is 8.52. The normalized spacial score (nSPS) is 15.5. The molecule has 1 aliphatic rings. The molecule has 1 heterocycles. The van der Waals surface area contributed by atoms with E-state index in [0.29, 0.717) is 34.7 Å². The molecular weight excluding hydrogens is 564 g/mol. The van der Waals surface area contributed by atoms with Crippen molar-refractivity contribution in [1.82, 2.24) is 4.90 Å². The highest BCUT2D eigenvalue weighted by Gasteiger charge is 2.32. The number of fused-ring (bicyclic) bond motifs is 1.